The van der Waals surface area contributed by atoms with Crippen LogP contribution in [0, 0.1) is 5.92 Å². The fourth-order valence-corrected chi connectivity index (χ4v) is 3.35. The Kier molecular flexibility index (Phi) is 3.16. The first kappa shape index (κ1) is 11.2. The predicted octanol–water partition coefficient (Wildman–Crippen LogP) is 0.646. The summed E-state index contributed by atoms with van der Waals surface area (Å²) in [5.41, 5.74) is 1.35. The number of fused-ring (bicyclic) bond motifs is 1. The van der Waals surface area contributed by atoms with Gasteiger partial charge in [-0.05, 0) is 37.9 Å². The molecule has 0 spiro atoms. The minimum absolute atomic E-state index is 0.789. The molecular weight excluding hydrogens is 212 g/mol. The van der Waals surface area contributed by atoms with Gasteiger partial charge < -0.3 is 5.32 Å². The van der Waals surface area contributed by atoms with Crippen LogP contribution in [0.25, 0.3) is 0 Å². The van der Waals surface area contributed by atoms with Gasteiger partial charge in [0.25, 0.3) is 0 Å². The van der Waals surface area contributed by atoms with Gasteiger partial charge >= 0.3 is 0 Å². The Morgan fingerprint density at radius 3 is 3.24 bits per heavy atom. The Labute approximate surface area is 103 Å². The molecule has 0 aromatic carbocycles. The first-order valence-electron chi connectivity index (χ1n) is 6.76. The van der Waals surface area contributed by atoms with Crippen LogP contribution in [0.5, 0.6) is 0 Å². The van der Waals surface area contributed by atoms with E-state index in [1.165, 1.54) is 44.7 Å². The molecule has 2 atom stereocenters. The van der Waals surface area contributed by atoms with Gasteiger partial charge in [0.05, 0.1) is 0 Å². The molecule has 0 amide bonds. The third-order valence-corrected chi connectivity index (χ3v) is 4.37. The molecule has 2 saturated heterocycles. The van der Waals surface area contributed by atoms with Gasteiger partial charge in [0.15, 0.2) is 0 Å². The standard InChI is InChI=1S/C13H22N4/c1-16-12(4-6-15-16)5-8-17-7-2-3-11-9-14-10-13(11)17/h4,6,11,13-14H,2-3,5,7-10H2,1H3. The third-order valence-electron chi connectivity index (χ3n) is 4.37. The van der Waals surface area contributed by atoms with Crippen molar-refractivity contribution in [3.8, 4) is 0 Å². The van der Waals surface area contributed by atoms with Crippen molar-refractivity contribution in [1.29, 1.82) is 0 Å². The second kappa shape index (κ2) is 4.78. The lowest BCUT2D eigenvalue weighted by molar-refractivity contribution is 0.126. The number of aryl methyl sites for hydroxylation is 1. The molecule has 2 fully saturated rings. The molecule has 2 aliphatic rings. The average Bonchev–Trinajstić information content (AvgIpc) is 2.95. The summed E-state index contributed by atoms with van der Waals surface area (Å²) in [4.78, 5) is 2.68. The second-order valence-electron chi connectivity index (χ2n) is 5.36. The molecule has 0 radical (unpaired) electrons. The fourth-order valence-electron chi connectivity index (χ4n) is 3.35. The number of nitrogens with one attached hydrogen (secondary N) is 1. The first-order valence-corrected chi connectivity index (χ1v) is 6.76. The Hall–Kier alpha value is -0.870. The third kappa shape index (κ3) is 2.24. The van der Waals surface area contributed by atoms with Crippen molar-refractivity contribution in [2.24, 2.45) is 13.0 Å². The van der Waals surface area contributed by atoms with Gasteiger partial charge in [0.1, 0.15) is 0 Å². The zero-order valence-corrected chi connectivity index (χ0v) is 10.6. The maximum Gasteiger partial charge on any atom is 0.0492 e. The smallest absolute Gasteiger partial charge is 0.0492 e. The molecular formula is C13H22N4. The van der Waals surface area contributed by atoms with Crippen LogP contribution in [-0.2, 0) is 13.5 Å². The molecule has 3 heterocycles. The van der Waals surface area contributed by atoms with Crippen LogP contribution in [0.4, 0.5) is 0 Å². The van der Waals surface area contributed by atoms with Crippen molar-refractivity contribution in [2.45, 2.75) is 25.3 Å². The summed E-state index contributed by atoms with van der Waals surface area (Å²) in [7, 11) is 2.03. The van der Waals surface area contributed by atoms with Crippen LogP contribution in [-0.4, -0.2) is 46.9 Å². The maximum atomic E-state index is 4.23. The summed E-state index contributed by atoms with van der Waals surface area (Å²) >= 11 is 0. The molecule has 1 aromatic rings. The van der Waals surface area contributed by atoms with E-state index in [1.54, 1.807) is 0 Å². The summed E-state index contributed by atoms with van der Waals surface area (Å²) in [5, 5.41) is 7.77. The lowest BCUT2D eigenvalue weighted by atomic mass is 9.92. The highest BCUT2D eigenvalue weighted by Gasteiger charge is 2.34. The lowest BCUT2D eigenvalue weighted by Gasteiger charge is -2.37. The molecule has 2 aliphatic heterocycles. The molecule has 4 heteroatoms. The summed E-state index contributed by atoms with van der Waals surface area (Å²) in [5.74, 6) is 0.898. The van der Waals surface area contributed by atoms with Crippen LogP contribution in [0.15, 0.2) is 12.3 Å². The van der Waals surface area contributed by atoms with Crippen LogP contribution in [0.2, 0.25) is 0 Å². The number of likely N-dealkylation sites (tertiary alicyclic amines) is 1. The fraction of sp³-hybridized carbons (Fsp3) is 0.769. The number of nitrogens with zero attached hydrogens (tertiary/aromatic N) is 3. The average molecular weight is 234 g/mol. The topological polar surface area (TPSA) is 33.1 Å². The SMILES string of the molecule is Cn1nccc1CCN1CCCC2CNCC21. The van der Waals surface area contributed by atoms with Gasteiger partial charge in [-0.1, -0.05) is 0 Å². The predicted molar refractivity (Wildman–Crippen MR) is 67.9 cm³/mol. The maximum absolute atomic E-state index is 4.23. The van der Waals surface area contributed by atoms with E-state index in [0.29, 0.717) is 0 Å². The van der Waals surface area contributed by atoms with Crippen molar-refractivity contribution < 1.29 is 0 Å². The minimum atomic E-state index is 0.789. The number of hydrogen-bond donors (Lipinski definition) is 1. The minimum Gasteiger partial charge on any atom is -0.315 e. The lowest BCUT2D eigenvalue weighted by Crippen LogP contribution is -2.45. The normalized spacial score (nSPS) is 29.5. The van der Waals surface area contributed by atoms with E-state index in [2.05, 4.69) is 21.4 Å². The van der Waals surface area contributed by atoms with E-state index in [-0.39, 0.29) is 0 Å². The summed E-state index contributed by atoms with van der Waals surface area (Å²) in [6, 6.07) is 2.92. The van der Waals surface area contributed by atoms with Crippen LogP contribution in [0.1, 0.15) is 18.5 Å². The van der Waals surface area contributed by atoms with Crippen molar-refractivity contribution in [2.75, 3.05) is 26.2 Å². The summed E-state index contributed by atoms with van der Waals surface area (Å²) < 4.78 is 1.99. The Morgan fingerprint density at radius 1 is 1.47 bits per heavy atom. The Morgan fingerprint density at radius 2 is 2.41 bits per heavy atom. The Bertz CT molecular complexity index is 373. The van der Waals surface area contributed by atoms with E-state index >= 15 is 0 Å². The van der Waals surface area contributed by atoms with E-state index in [4.69, 9.17) is 0 Å². The molecule has 94 valence electrons. The molecule has 0 bridgehead atoms. The molecule has 17 heavy (non-hydrogen) atoms. The number of hydrogen-bond acceptors (Lipinski definition) is 3. The van der Waals surface area contributed by atoms with Crippen molar-refractivity contribution >= 4 is 0 Å². The van der Waals surface area contributed by atoms with Gasteiger partial charge in [-0.2, -0.15) is 5.10 Å². The van der Waals surface area contributed by atoms with Crippen LogP contribution >= 0.6 is 0 Å². The molecule has 0 saturated carbocycles. The highest BCUT2D eigenvalue weighted by atomic mass is 15.3. The highest BCUT2D eigenvalue weighted by molar-refractivity contribution is 5.01. The number of aromatic nitrogens is 2. The Balaban J connectivity index is 1.59. The van der Waals surface area contributed by atoms with Gasteiger partial charge in [0, 0.05) is 44.5 Å². The molecule has 4 nitrogen and oxygen atoms in total. The van der Waals surface area contributed by atoms with Gasteiger partial charge in [-0.15, -0.1) is 0 Å². The monoisotopic (exact) mass is 234 g/mol. The molecule has 1 N–H and O–H groups in total. The largest absolute Gasteiger partial charge is 0.315 e. The van der Waals surface area contributed by atoms with Crippen LogP contribution in [0.3, 0.4) is 0 Å². The molecule has 0 aliphatic carbocycles. The van der Waals surface area contributed by atoms with Crippen molar-refractivity contribution in [3.05, 3.63) is 18.0 Å². The first-order chi connectivity index (χ1) is 8.34. The van der Waals surface area contributed by atoms with E-state index < -0.39 is 0 Å². The number of rotatable bonds is 3. The number of piperidine rings is 1. The molecule has 2 unspecified atom stereocenters. The van der Waals surface area contributed by atoms with Crippen molar-refractivity contribution in [1.82, 2.24) is 20.0 Å². The molecule has 3 rings (SSSR count). The second-order valence-corrected chi connectivity index (χ2v) is 5.36. The van der Waals surface area contributed by atoms with Gasteiger partial charge in [-0.25, -0.2) is 0 Å². The molecule has 1 aromatic heterocycles. The quantitative estimate of drug-likeness (QED) is 0.833. The van der Waals surface area contributed by atoms with E-state index in [1.807, 2.05) is 17.9 Å². The summed E-state index contributed by atoms with van der Waals surface area (Å²) in [6.07, 6.45) is 5.80. The van der Waals surface area contributed by atoms with E-state index in [0.717, 1.165) is 18.4 Å². The highest BCUT2D eigenvalue weighted by Crippen LogP contribution is 2.26. The van der Waals surface area contributed by atoms with Crippen molar-refractivity contribution in [3.63, 3.8) is 0 Å². The van der Waals surface area contributed by atoms with Gasteiger partial charge in [0.2, 0.25) is 0 Å². The summed E-state index contributed by atoms with van der Waals surface area (Å²) in [6.45, 7) is 4.88. The van der Waals surface area contributed by atoms with Crippen LogP contribution < -0.4 is 5.32 Å². The zero-order valence-electron chi connectivity index (χ0n) is 10.6. The van der Waals surface area contributed by atoms with E-state index in [9.17, 15) is 0 Å². The van der Waals surface area contributed by atoms with Gasteiger partial charge in [-0.3, -0.25) is 9.58 Å². The zero-order chi connectivity index (χ0) is 11.7.